The summed E-state index contributed by atoms with van der Waals surface area (Å²) in [6, 6.07) is 0. The lowest BCUT2D eigenvalue weighted by atomic mass is 10.0. The van der Waals surface area contributed by atoms with Gasteiger partial charge in [0.25, 0.3) is 0 Å². The third kappa shape index (κ3) is 4.33. The standard InChI is InChI=1S/C6H12F2O/c1-4(5(2)9)3-6(7)8/h4-6,9H,3H2,1-2H3. The minimum atomic E-state index is -2.30. The van der Waals surface area contributed by atoms with Crippen molar-refractivity contribution in [2.45, 2.75) is 32.8 Å². The molecule has 0 rings (SSSR count). The Balaban J connectivity index is 3.38. The van der Waals surface area contributed by atoms with Gasteiger partial charge in [0.2, 0.25) is 6.43 Å². The molecule has 0 aliphatic heterocycles. The van der Waals surface area contributed by atoms with Crippen molar-refractivity contribution >= 4 is 0 Å². The van der Waals surface area contributed by atoms with Crippen LogP contribution in [-0.2, 0) is 0 Å². The molecule has 56 valence electrons. The molecule has 1 N–H and O–H groups in total. The molecular formula is C6H12F2O. The average molecular weight is 138 g/mol. The highest BCUT2D eigenvalue weighted by Crippen LogP contribution is 2.13. The fourth-order valence-electron chi connectivity index (χ4n) is 0.478. The second-order valence-corrected chi connectivity index (χ2v) is 2.34. The van der Waals surface area contributed by atoms with E-state index >= 15 is 0 Å². The Morgan fingerprint density at radius 2 is 1.78 bits per heavy atom. The SMILES string of the molecule is CC(O)C(C)CC(F)F. The van der Waals surface area contributed by atoms with Gasteiger partial charge in [0.1, 0.15) is 0 Å². The molecule has 0 aliphatic rings. The molecule has 0 bridgehead atoms. The van der Waals surface area contributed by atoms with E-state index in [2.05, 4.69) is 0 Å². The predicted octanol–water partition coefficient (Wildman–Crippen LogP) is 1.66. The maximum atomic E-state index is 11.5. The van der Waals surface area contributed by atoms with Gasteiger partial charge in [-0.05, 0) is 12.8 Å². The summed E-state index contributed by atoms with van der Waals surface area (Å²) in [5, 5.41) is 8.74. The number of hydrogen-bond donors (Lipinski definition) is 1. The minimum Gasteiger partial charge on any atom is -0.393 e. The Kier molecular flexibility index (Phi) is 3.70. The highest BCUT2D eigenvalue weighted by molar-refractivity contribution is 4.59. The molecule has 3 heteroatoms. The number of halogens is 2. The lowest BCUT2D eigenvalue weighted by Gasteiger charge is -2.12. The highest BCUT2D eigenvalue weighted by atomic mass is 19.3. The first kappa shape index (κ1) is 8.82. The normalized spacial score (nSPS) is 18.0. The second-order valence-electron chi connectivity index (χ2n) is 2.34. The largest absolute Gasteiger partial charge is 0.393 e. The summed E-state index contributed by atoms with van der Waals surface area (Å²) in [6.07, 6.45) is -3.13. The first-order valence-electron chi connectivity index (χ1n) is 3.00. The number of aliphatic hydroxyl groups is 1. The number of alkyl halides is 2. The third-order valence-corrected chi connectivity index (χ3v) is 1.37. The van der Waals surface area contributed by atoms with Gasteiger partial charge < -0.3 is 5.11 Å². The molecule has 0 amide bonds. The molecule has 0 aromatic rings. The Labute approximate surface area is 53.7 Å². The minimum absolute atomic E-state index is 0.211. The Morgan fingerprint density at radius 1 is 1.33 bits per heavy atom. The summed E-state index contributed by atoms with van der Waals surface area (Å²) in [7, 11) is 0. The number of aliphatic hydroxyl groups excluding tert-OH is 1. The summed E-state index contributed by atoms with van der Waals surface area (Å²) in [5.74, 6) is -0.301. The van der Waals surface area contributed by atoms with Crippen LogP contribution in [0.3, 0.4) is 0 Å². The van der Waals surface area contributed by atoms with Gasteiger partial charge in [-0.3, -0.25) is 0 Å². The van der Waals surface area contributed by atoms with Gasteiger partial charge in [-0.1, -0.05) is 6.92 Å². The fraction of sp³-hybridized carbons (Fsp3) is 1.00. The van der Waals surface area contributed by atoms with E-state index < -0.39 is 12.5 Å². The van der Waals surface area contributed by atoms with Crippen molar-refractivity contribution in [1.82, 2.24) is 0 Å². The fourth-order valence-corrected chi connectivity index (χ4v) is 0.478. The molecule has 2 unspecified atom stereocenters. The maximum Gasteiger partial charge on any atom is 0.239 e. The second kappa shape index (κ2) is 3.77. The van der Waals surface area contributed by atoms with E-state index in [0.29, 0.717) is 0 Å². The summed E-state index contributed by atoms with van der Waals surface area (Å²) >= 11 is 0. The topological polar surface area (TPSA) is 20.2 Å². The van der Waals surface area contributed by atoms with Gasteiger partial charge in [0.15, 0.2) is 0 Å². The third-order valence-electron chi connectivity index (χ3n) is 1.37. The van der Waals surface area contributed by atoms with Gasteiger partial charge in [0.05, 0.1) is 6.10 Å². The predicted molar refractivity (Wildman–Crippen MR) is 31.5 cm³/mol. The van der Waals surface area contributed by atoms with Crippen molar-refractivity contribution in [2.24, 2.45) is 5.92 Å². The summed E-state index contributed by atoms with van der Waals surface area (Å²) in [5.41, 5.74) is 0. The van der Waals surface area contributed by atoms with Crippen molar-refractivity contribution in [3.05, 3.63) is 0 Å². The lowest BCUT2D eigenvalue weighted by molar-refractivity contribution is 0.0641. The summed E-state index contributed by atoms with van der Waals surface area (Å²) in [4.78, 5) is 0. The first-order valence-corrected chi connectivity index (χ1v) is 3.00. The van der Waals surface area contributed by atoms with Crippen molar-refractivity contribution < 1.29 is 13.9 Å². The van der Waals surface area contributed by atoms with Crippen LogP contribution < -0.4 is 0 Å². The van der Waals surface area contributed by atoms with Crippen LogP contribution in [0.2, 0.25) is 0 Å². The van der Waals surface area contributed by atoms with Gasteiger partial charge in [0, 0.05) is 6.42 Å². The quantitative estimate of drug-likeness (QED) is 0.628. The van der Waals surface area contributed by atoms with Crippen LogP contribution in [0.15, 0.2) is 0 Å². The van der Waals surface area contributed by atoms with Crippen LogP contribution in [0.1, 0.15) is 20.3 Å². The van der Waals surface area contributed by atoms with Gasteiger partial charge in [-0.2, -0.15) is 0 Å². The van der Waals surface area contributed by atoms with Crippen LogP contribution in [0, 0.1) is 5.92 Å². The van der Waals surface area contributed by atoms with E-state index in [1.165, 1.54) is 6.92 Å². The van der Waals surface area contributed by atoms with E-state index in [1.54, 1.807) is 6.92 Å². The van der Waals surface area contributed by atoms with E-state index in [9.17, 15) is 8.78 Å². The monoisotopic (exact) mass is 138 g/mol. The molecule has 0 heterocycles. The zero-order valence-corrected chi connectivity index (χ0v) is 5.64. The van der Waals surface area contributed by atoms with Crippen LogP contribution in [-0.4, -0.2) is 17.6 Å². The van der Waals surface area contributed by atoms with E-state index in [1.807, 2.05) is 0 Å². The molecule has 0 saturated heterocycles. The molecule has 0 aromatic carbocycles. The summed E-state index contributed by atoms with van der Waals surface area (Å²) < 4.78 is 23.1. The molecule has 1 nitrogen and oxygen atoms in total. The molecule has 0 aromatic heterocycles. The average Bonchev–Trinajstić information content (AvgIpc) is 1.63. The van der Waals surface area contributed by atoms with E-state index in [4.69, 9.17) is 5.11 Å². The Morgan fingerprint density at radius 3 is 1.89 bits per heavy atom. The van der Waals surface area contributed by atoms with Crippen molar-refractivity contribution in [1.29, 1.82) is 0 Å². The smallest absolute Gasteiger partial charge is 0.239 e. The maximum absolute atomic E-state index is 11.5. The van der Waals surface area contributed by atoms with Crippen molar-refractivity contribution in [3.8, 4) is 0 Å². The molecule has 9 heavy (non-hydrogen) atoms. The molecule has 2 atom stereocenters. The van der Waals surface area contributed by atoms with Crippen LogP contribution in [0.5, 0.6) is 0 Å². The van der Waals surface area contributed by atoms with Crippen LogP contribution >= 0.6 is 0 Å². The van der Waals surface area contributed by atoms with E-state index in [-0.39, 0.29) is 12.3 Å². The zero-order valence-electron chi connectivity index (χ0n) is 5.64. The van der Waals surface area contributed by atoms with E-state index in [0.717, 1.165) is 0 Å². The lowest BCUT2D eigenvalue weighted by Crippen LogP contribution is -2.15. The molecular weight excluding hydrogens is 126 g/mol. The number of rotatable bonds is 3. The number of hydrogen-bond acceptors (Lipinski definition) is 1. The first-order chi connectivity index (χ1) is 4.04. The molecule has 0 fully saturated rings. The molecule has 0 aliphatic carbocycles. The van der Waals surface area contributed by atoms with Crippen molar-refractivity contribution in [3.63, 3.8) is 0 Å². The zero-order chi connectivity index (χ0) is 7.44. The van der Waals surface area contributed by atoms with Gasteiger partial charge >= 0.3 is 0 Å². The summed E-state index contributed by atoms with van der Waals surface area (Å²) in [6.45, 7) is 3.13. The molecule has 0 saturated carbocycles. The van der Waals surface area contributed by atoms with Crippen LogP contribution in [0.25, 0.3) is 0 Å². The van der Waals surface area contributed by atoms with Gasteiger partial charge in [-0.15, -0.1) is 0 Å². The Hall–Kier alpha value is -0.180. The van der Waals surface area contributed by atoms with Gasteiger partial charge in [-0.25, -0.2) is 8.78 Å². The van der Waals surface area contributed by atoms with Crippen LogP contribution in [0.4, 0.5) is 8.78 Å². The van der Waals surface area contributed by atoms with Crippen molar-refractivity contribution in [2.75, 3.05) is 0 Å². The highest BCUT2D eigenvalue weighted by Gasteiger charge is 2.14. The molecule has 0 radical (unpaired) electrons. The Bertz CT molecular complexity index is 73.5. The molecule has 0 spiro atoms.